The molecule has 2 aliphatic rings. The predicted octanol–water partition coefficient (Wildman–Crippen LogP) is 2.21. The number of aryl methyl sites for hydroxylation is 2. The van der Waals surface area contributed by atoms with E-state index >= 15 is 0 Å². The number of likely N-dealkylation sites (tertiary alicyclic amines) is 1. The van der Waals surface area contributed by atoms with Gasteiger partial charge in [-0.15, -0.1) is 0 Å². The second kappa shape index (κ2) is 5.71. The number of rotatable bonds is 4. The lowest BCUT2D eigenvalue weighted by Crippen LogP contribution is -2.45. The molecular weight excluding hydrogens is 284 g/mol. The maximum atomic E-state index is 12.5. The van der Waals surface area contributed by atoms with Crippen LogP contribution in [-0.4, -0.2) is 38.5 Å². The molecule has 0 unspecified atom stereocenters. The predicted molar refractivity (Wildman–Crippen MR) is 83.9 cm³/mol. The first kappa shape index (κ1) is 15.0. The molecule has 1 heterocycles. The van der Waals surface area contributed by atoms with Crippen molar-refractivity contribution in [2.75, 3.05) is 13.1 Å². The first-order valence-corrected chi connectivity index (χ1v) is 9.28. The van der Waals surface area contributed by atoms with Crippen LogP contribution in [0.4, 0.5) is 0 Å². The van der Waals surface area contributed by atoms with Crippen molar-refractivity contribution in [3.63, 3.8) is 0 Å². The van der Waals surface area contributed by atoms with Crippen molar-refractivity contribution in [3.8, 4) is 0 Å². The van der Waals surface area contributed by atoms with Crippen LogP contribution in [0.25, 0.3) is 0 Å². The second-order valence-electron chi connectivity index (χ2n) is 6.43. The molecule has 3 rings (SSSR count). The number of nitrogens with zero attached hydrogens (tertiary/aromatic N) is 1. The maximum Gasteiger partial charge on any atom is 0.241 e. The van der Waals surface area contributed by atoms with Gasteiger partial charge in [-0.3, -0.25) is 0 Å². The summed E-state index contributed by atoms with van der Waals surface area (Å²) in [6.45, 7) is 5.87. The number of nitrogens with one attached hydrogen (secondary N) is 1. The zero-order valence-corrected chi connectivity index (χ0v) is 13.6. The van der Waals surface area contributed by atoms with E-state index in [1.807, 2.05) is 26.0 Å². The van der Waals surface area contributed by atoms with Crippen molar-refractivity contribution < 1.29 is 8.42 Å². The van der Waals surface area contributed by atoms with Crippen molar-refractivity contribution in [1.29, 1.82) is 0 Å². The van der Waals surface area contributed by atoms with Gasteiger partial charge in [0.1, 0.15) is 0 Å². The van der Waals surface area contributed by atoms with Crippen molar-refractivity contribution in [2.24, 2.45) is 0 Å². The molecule has 1 aromatic carbocycles. The Balaban J connectivity index is 1.66. The highest BCUT2D eigenvalue weighted by Gasteiger charge is 2.33. The van der Waals surface area contributed by atoms with Crippen LogP contribution in [0.1, 0.15) is 36.8 Å². The van der Waals surface area contributed by atoms with E-state index in [0.717, 1.165) is 43.1 Å². The van der Waals surface area contributed by atoms with Gasteiger partial charge in [0.25, 0.3) is 0 Å². The van der Waals surface area contributed by atoms with E-state index in [1.54, 1.807) is 6.07 Å². The fourth-order valence-corrected chi connectivity index (χ4v) is 4.74. The Labute approximate surface area is 127 Å². The van der Waals surface area contributed by atoms with Crippen molar-refractivity contribution in [3.05, 3.63) is 29.3 Å². The average molecular weight is 308 g/mol. The second-order valence-corrected chi connectivity index (χ2v) is 8.11. The fourth-order valence-electron chi connectivity index (χ4n) is 3.21. The van der Waals surface area contributed by atoms with Gasteiger partial charge in [0.15, 0.2) is 0 Å². The molecule has 5 heteroatoms. The van der Waals surface area contributed by atoms with Gasteiger partial charge in [-0.1, -0.05) is 17.7 Å². The molecule has 0 aromatic heterocycles. The number of hydrogen-bond acceptors (Lipinski definition) is 3. The minimum atomic E-state index is -3.40. The average Bonchev–Trinajstić information content (AvgIpc) is 3.23. The largest absolute Gasteiger partial charge is 0.300 e. The summed E-state index contributed by atoms with van der Waals surface area (Å²) >= 11 is 0. The van der Waals surface area contributed by atoms with E-state index in [0.29, 0.717) is 4.90 Å². The van der Waals surface area contributed by atoms with Crippen LogP contribution in [0, 0.1) is 13.8 Å². The molecule has 116 valence electrons. The lowest BCUT2D eigenvalue weighted by atomic mass is 10.1. The maximum absolute atomic E-state index is 12.5. The van der Waals surface area contributed by atoms with Gasteiger partial charge < -0.3 is 4.90 Å². The molecule has 1 aliphatic carbocycles. The molecule has 1 saturated carbocycles. The van der Waals surface area contributed by atoms with Gasteiger partial charge in [0.05, 0.1) is 4.90 Å². The molecule has 0 radical (unpaired) electrons. The molecule has 1 N–H and O–H groups in total. The van der Waals surface area contributed by atoms with Crippen LogP contribution >= 0.6 is 0 Å². The number of benzene rings is 1. The van der Waals surface area contributed by atoms with Gasteiger partial charge in [-0.2, -0.15) is 0 Å². The topological polar surface area (TPSA) is 49.4 Å². The van der Waals surface area contributed by atoms with Crippen molar-refractivity contribution in [2.45, 2.75) is 56.5 Å². The minimum Gasteiger partial charge on any atom is -0.300 e. The number of sulfonamides is 1. The molecule has 0 bridgehead atoms. The van der Waals surface area contributed by atoms with Gasteiger partial charge in [0.2, 0.25) is 10.0 Å². The Morgan fingerprint density at radius 1 is 1.10 bits per heavy atom. The molecule has 1 saturated heterocycles. The van der Waals surface area contributed by atoms with Gasteiger partial charge >= 0.3 is 0 Å². The standard InChI is InChI=1S/C16H24N2O2S/c1-12-3-6-16(13(2)11-12)21(19,20)17-14-7-9-18(10-8-14)15-4-5-15/h3,6,11,14-15,17H,4-5,7-10H2,1-2H3. The van der Waals surface area contributed by atoms with E-state index in [1.165, 1.54) is 12.8 Å². The summed E-state index contributed by atoms with van der Waals surface area (Å²) in [7, 11) is -3.40. The third-order valence-electron chi connectivity index (χ3n) is 4.53. The molecule has 0 spiro atoms. The summed E-state index contributed by atoms with van der Waals surface area (Å²) in [5, 5.41) is 0. The summed E-state index contributed by atoms with van der Waals surface area (Å²) in [6, 6.07) is 6.35. The summed E-state index contributed by atoms with van der Waals surface area (Å²) in [6.07, 6.45) is 4.47. The normalized spacial score (nSPS) is 21.6. The lowest BCUT2D eigenvalue weighted by molar-refractivity contribution is 0.199. The highest BCUT2D eigenvalue weighted by atomic mass is 32.2. The highest BCUT2D eigenvalue weighted by Crippen LogP contribution is 2.29. The number of piperidine rings is 1. The lowest BCUT2D eigenvalue weighted by Gasteiger charge is -2.32. The van der Waals surface area contributed by atoms with Gasteiger partial charge in [0, 0.05) is 12.1 Å². The summed E-state index contributed by atoms with van der Waals surface area (Å²) in [5.41, 5.74) is 1.90. The molecule has 4 nitrogen and oxygen atoms in total. The zero-order valence-electron chi connectivity index (χ0n) is 12.8. The van der Waals surface area contributed by atoms with Crippen molar-refractivity contribution in [1.82, 2.24) is 9.62 Å². The van der Waals surface area contributed by atoms with E-state index in [4.69, 9.17) is 0 Å². The minimum absolute atomic E-state index is 0.0747. The van der Waals surface area contributed by atoms with Crippen LogP contribution in [0.5, 0.6) is 0 Å². The van der Waals surface area contributed by atoms with Gasteiger partial charge in [-0.25, -0.2) is 13.1 Å². The molecule has 0 amide bonds. The Morgan fingerprint density at radius 2 is 1.76 bits per heavy atom. The Bertz CT molecular complexity index is 615. The molecule has 2 fully saturated rings. The molecular formula is C16H24N2O2S. The van der Waals surface area contributed by atoms with Crippen molar-refractivity contribution >= 4 is 10.0 Å². The summed E-state index contributed by atoms with van der Waals surface area (Å²) in [4.78, 5) is 2.92. The van der Waals surface area contributed by atoms with Crippen LogP contribution in [-0.2, 0) is 10.0 Å². The Hall–Kier alpha value is -0.910. The van der Waals surface area contributed by atoms with E-state index in [2.05, 4.69) is 9.62 Å². The highest BCUT2D eigenvalue weighted by molar-refractivity contribution is 7.89. The first-order valence-electron chi connectivity index (χ1n) is 7.79. The van der Waals surface area contributed by atoms with E-state index in [9.17, 15) is 8.42 Å². The first-order chi connectivity index (χ1) is 9.95. The van der Waals surface area contributed by atoms with E-state index < -0.39 is 10.0 Å². The molecule has 0 atom stereocenters. The quantitative estimate of drug-likeness (QED) is 0.928. The Kier molecular flexibility index (Phi) is 4.08. The van der Waals surface area contributed by atoms with Gasteiger partial charge in [-0.05, 0) is 64.3 Å². The SMILES string of the molecule is Cc1ccc(S(=O)(=O)NC2CCN(C3CC3)CC2)c(C)c1. The fraction of sp³-hybridized carbons (Fsp3) is 0.625. The number of hydrogen-bond donors (Lipinski definition) is 1. The third kappa shape index (κ3) is 3.47. The van der Waals surface area contributed by atoms with Crippen LogP contribution in [0.2, 0.25) is 0 Å². The van der Waals surface area contributed by atoms with E-state index in [-0.39, 0.29) is 6.04 Å². The van der Waals surface area contributed by atoms with Crippen LogP contribution in [0.3, 0.4) is 0 Å². The third-order valence-corrected chi connectivity index (χ3v) is 6.22. The Morgan fingerprint density at radius 3 is 2.33 bits per heavy atom. The molecule has 1 aromatic rings. The molecule has 1 aliphatic heterocycles. The smallest absolute Gasteiger partial charge is 0.241 e. The van der Waals surface area contributed by atoms with Crippen LogP contribution in [0.15, 0.2) is 23.1 Å². The molecule has 21 heavy (non-hydrogen) atoms. The van der Waals surface area contributed by atoms with Crippen LogP contribution < -0.4 is 4.72 Å². The zero-order chi connectivity index (χ0) is 15.0. The summed E-state index contributed by atoms with van der Waals surface area (Å²) < 4.78 is 28.0. The monoisotopic (exact) mass is 308 g/mol. The summed E-state index contributed by atoms with van der Waals surface area (Å²) in [5.74, 6) is 0.